The standard InChI is InChI=1S/C14H12N2O2S/c1-18-11-7-6-10(8-4-2-3-5-9(8)11)12-13(17)16-14(19)15-12/h2-7,12H,1H3,(H2,15,16,17,19). The summed E-state index contributed by atoms with van der Waals surface area (Å²) >= 11 is 4.98. The van der Waals surface area contributed by atoms with Crippen molar-refractivity contribution in [2.45, 2.75) is 6.04 Å². The highest BCUT2D eigenvalue weighted by Crippen LogP contribution is 2.32. The summed E-state index contributed by atoms with van der Waals surface area (Å²) in [5.41, 5.74) is 0.897. The molecule has 0 spiro atoms. The van der Waals surface area contributed by atoms with Gasteiger partial charge in [-0.15, -0.1) is 0 Å². The van der Waals surface area contributed by atoms with E-state index in [9.17, 15) is 4.79 Å². The molecule has 1 heterocycles. The van der Waals surface area contributed by atoms with Crippen LogP contribution in [0.2, 0.25) is 0 Å². The Labute approximate surface area is 115 Å². The molecule has 1 saturated heterocycles. The number of amides is 1. The van der Waals surface area contributed by atoms with E-state index < -0.39 is 6.04 Å². The van der Waals surface area contributed by atoms with Crippen molar-refractivity contribution in [2.75, 3.05) is 7.11 Å². The van der Waals surface area contributed by atoms with Crippen LogP contribution in [0.25, 0.3) is 10.8 Å². The third-order valence-corrected chi connectivity index (χ3v) is 3.44. The van der Waals surface area contributed by atoms with Gasteiger partial charge in [0, 0.05) is 5.39 Å². The normalized spacial score (nSPS) is 18.3. The van der Waals surface area contributed by atoms with Crippen molar-refractivity contribution in [1.29, 1.82) is 0 Å². The first-order valence-corrected chi connectivity index (χ1v) is 6.28. The van der Waals surface area contributed by atoms with Crippen LogP contribution in [0.15, 0.2) is 36.4 Å². The maximum Gasteiger partial charge on any atom is 0.253 e. The van der Waals surface area contributed by atoms with Gasteiger partial charge in [-0.3, -0.25) is 4.79 Å². The van der Waals surface area contributed by atoms with Crippen molar-refractivity contribution >= 4 is 34.0 Å². The van der Waals surface area contributed by atoms with E-state index in [2.05, 4.69) is 10.6 Å². The summed E-state index contributed by atoms with van der Waals surface area (Å²) in [4.78, 5) is 11.9. The lowest BCUT2D eigenvalue weighted by Gasteiger charge is -2.14. The van der Waals surface area contributed by atoms with E-state index in [1.54, 1.807) is 7.11 Å². The smallest absolute Gasteiger partial charge is 0.253 e. The first-order valence-electron chi connectivity index (χ1n) is 5.87. The van der Waals surface area contributed by atoms with Gasteiger partial charge in [-0.25, -0.2) is 0 Å². The van der Waals surface area contributed by atoms with Gasteiger partial charge in [-0.2, -0.15) is 0 Å². The van der Waals surface area contributed by atoms with Gasteiger partial charge >= 0.3 is 0 Å². The molecule has 0 bridgehead atoms. The fraction of sp³-hybridized carbons (Fsp3) is 0.143. The average molecular weight is 272 g/mol. The van der Waals surface area contributed by atoms with E-state index in [0.717, 1.165) is 22.1 Å². The van der Waals surface area contributed by atoms with Crippen molar-refractivity contribution in [1.82, 2.24) is 10.6 Å². The van der Waals surface area contributed by atoms with Gasteiger partial charge in [0.2, 0.25) is 0 Å². The summed E-state index contributed by atoms with van der Waals surface area (Å²) in [5, 5.41) is 7.93. The molecule has 19 heavy (non-hydrogen) atoms. The summed E-state index contributed by atoms with van der Waals surface area (Å²) in [6.45, 7) is 0. The Bertz CT molecular complexity index is 684. The van der Waals surface area contributed by atoms with E-state index >= 15 is 0 Å². The highest BCUT2D eigenvalue weighted by molar-refractivity contribution is 7.80. The second kappa shape index (κ2) is 4.51. The highest BCUT2D eigenvalue weighted by Gasteiger charge is 2.30. The number of nitrogens with one attached hydrogen (secondary N) is 2. The van der Waals surface area contributed by atoms with Crippen LogP contribution in [0, 0.1) is 0 Å². The fourth-order valence-corrected chi connectivity index (χ4v) is 2.58. The number of carbonyl (C=O) groups excluding carboxylic acids is 1. The van der Waals surface area contributed by atoms with E-state index in [4.69, 9.17) is 17.0 Å². The second-order valence-electron chi connectivity index (χ2n) is 4.30. The molecule has 0 aromatic heterocycles. The third kappa shape index (κ3) is 1.92. The topological polar surface area (TPSA) is 50.4 Å². The van der Waals surface area contributed by atoms with Crippen molar-refractivity contribution in [3.63, 3.8) is 0 Å². The molecule has 1 aliphatic rings. The maximum atomic E-state index is 11.9. The molecule has 0 radical (unpaired) electrons. The van der Waals surface area contributed by atoms with E-state index in [-0.39, 0.29) is 5.91 Å². The zero-order valence-electron chi connectivity index (χ0n) is 10.3. The fourth-order valence-electron chi connectivity index (χ4n) is 2.36. The zero-order chi connectivity index (χ0) is 13.4. The summed E-state index contributed by atoms with van der Waals surface area (Å²) in [6.07, 6.45) is 0. The molecule has 1 atom stereocenters. The predicted octanol–water partition coefficient (Wildman–Crippen LogP) is 1.89. The van der Waals surface area contributed by atoms with Crippen molar-refractivity contribution in [3.05, 3.63) is 42.0 Å². The number of ether oxygens (including phenoxy) is 1. The van der Waals surface area contributed by atoms with Gasteiger partial charge in [0.05, 0.1) is 7.11 Å². The molecule has 2 N–H and O–H groups in total. The SMILES string of the molecule is COc1ccc(C2NC(=S)NC2=O)c2ccccc12. The molecule has 4 nitrogen and oxygen atoms in total. The van der Waals surface area contributed by atoms with Crippen LogP contribution in [0.4, 0.5) is 0 Å². The number of benzene rings is 2. The van der Waals surface area contributed by atoms with Gasteiger partial charge in [0.15, 0.2) is 5.11 Å². The van der Waals surface area contributed by atoms with Crippen molar-refractivity contribution in [3.8, 4) is 5.75 Å². The number of methoxy groups -OCH3 is 1. The van der Waals surface area contributed by atoms with Gasteiger partial charge in [0.25, 0.3) is 5.91 Å². The lowest BCUT2D eigenvalue weighted by Crippen LogP contribution is -2.21. The van der Waals surface area contributed by atoms with Crippen LogP contribution in [0.3, 0.4) is 0 Å². The monoisotopic (exact) mass is 272 g/mol. The predicted molar refractivity (Wildman–Crippen MR) is 77.1 cm³/mol. The molecule has 1 amide bonds. The average Bonchev–Trinajstić information content (AvgIpc) is 2.76. The molecule has 0 saturated carbocycles. The number of carbonyl (C=O) groups is 1. The summed E-state index contributed by atoms with van der Waals surface area (Å²) in [6, 6.07) is 11.2. The quantitative estimate of drug-likeness (QED) is 0.820. The lowest BCUT2D eigenvalue weighted by atomic mass is 9.98. The first kappa shape index (κ1) is 11.9. The zero-order valence-corrected chi connectivity index (χ0v) is 11.1. The highest BCUT2D eigenvalue weighted by atomic mass is 32.1. The number of rotatable bonds is 2. The first-order chi connectivity index (χ1) is 9.20. The molecule has 2 aromatic carbocycles. The van der Waals surface area contributed by atoms with Gasteiger partial charge < -0.3 is 15.4 Å². The Morgan fingerprint density at radius 1 is 1.16 bits per heavy atom. The molecule has 1 unspecified atom stereocenters. The lowest BCUT2D eigenvalue weighted by molar-refractivity contribution is -0.120. The Hall–Kier alpha value is -2.14. The largest absolute Gasteiger partial charge is 0.496 e. The Morgan fingerprint density at radius 2 is 1.89 bits per heavy atom. The Balaban J connectivity index is 2.20. The number of hydrogen-bond acceptors (Lipinski definition) is 3. The molecular formula is C14H12N2O2S. The Morgan fingerprint density at radius 3 is 2.53 bits per heavy atom. The summed E-state index contributed by atoms with van der Waals surface area (Å²) in [7, 11) is 1.64. The van der Waals surface area contributed by atoms with Crippen LogP contribution >= 0.6 is 12.2 Å². The Kier molecular flexibility index (Phi) is 2.83. The molecule has 1 fully saturated rings. The maximum absolute atomic E-state index is 11.9. The van der Waals surface area contributed by atoms with Gasteiger partial charge in [0.1, 0.15) is 11.8 Å². The summed E-state index contributed by atoms with van der Waals surface area (Å²) in [5.74, 6) is 0.667. The van der Waals surface area contributed by atoms with Crippen LogP contribution < -0.4 is 15.4 Å². The van der Waals surface area contributed by atoms with Crippen LogP contribution in [-0.4, -0.2) is 18.1 Å². The molecule has 3 rings (SSSR count). The molecule has 96 valence electrons. The second-order valence-corrected chi connectivity index (χ2v) is 4.71. The minimum Gasteiger partial charge on any atom is -0.496 e. The van der Waals surface area contributed by atoms with E-state index in [1.807, 2.05) is 36.4 Å². The number of fused-ring (bicyclic) bond motifs is 1. The van der Waals surface area contributed by atoms with Crippen LogP contribution in [-0.2, 0) is 4.79 Å². The number of thiocarbonyl (C=S) groups is 1. The van der Waals surface area contributed by atoms with Crippen molar-refractivity contribution < 1.29 is 9.53 Å². The number of hydrogen-bond donors (Lipinski definition) is 2. The molecule has 1 aliphatic heterocycles. The van der Waals surface area contributed by atoms with Crippen LogP contribution in [0.1, 0.15) is 11.6 Å². The minimum absolute atomic E-state index is 0.125. The summed E-state index contributed by atoms with van der Waals surface area (Å²) < 4.78 is 5.35. The van der Waals surface area contributed by atoms with Gasteiger partial charge in [-0.05, 0) is 29.2 Å². The van der Waals surface area contributed by atoms with E-state index in [1.165, 1.54) is 0 Å². The van der Waals surface area contributed by atoms with Crippen LogP contribution in [0.5, 0.6) is 5.75 Å². The van der Waals surface area contributed by atoms with Crippen molar-refractivity contribution in [2.24, 2.45) is 0 Å². The van der Waals surface area contributed by atoms with Gasteiger partial charge in [-0.1, -0.05) is 30.3 Å². The van der Waals surface area contributed by atoms with E-state index in [0.29, 0.717) is 5.11 Å². The minimum atomic E-state index is -0.441. The molecule has 5 heteroatoms. The molecule has 0 aliphatic carbocycles. The molecular weight excluding hydrogens is 260 g/mol. The molecule has 2 aromatic rings. The third-order valence-electron chi connectivity index (χ3n) is 3.22.